The van der Waals surface area contributed by atoms with Gasteiger partial charge in [0.1, 0.15) is 11.8 Å². The van der Waals surface area contributed by atoms with Crippen LogP contribution in [0.5, 0.6) is 0 Å². The van der Waals surface area contributed by atoms with Crippen molar-refractivity contribution in [1.82, 2.24) is 5.32 Å². The van der Waals surface area contributed by atoms with Crippen LogP contribution in [0.4, 0.5) is 0 Å². The number of rotatable bonds is 4. The number of nitrogens with one attached hydrogen (secondary N) is 1. The van der Waals surface area contributed by atoms with Gasteiger partial charge in [-0.25, -0.2) is 4.79 Å². The first-order chi connectivity index (χ1) is 8.04. The maximum atomic E-state index is 11.6. The second-order valence-corrected chi connectivity index (χ2v) is 5.15. The average Bonchev–Trinajstić information content (AvgIpc) is 2.29. The molecule has 0 aromatic carbocycles. The van der Waals surface area contributed by atoms with E-state index in [-0.39, 0.29) is 17.6 Å². The number of ketones is 1. The lowest BCUT2D eigenvalue weighted by molar-refractivity contribution is -0.145. The first kappa shape index (κ1) is 14.0. The third-order valence-corrected chi connectivity index (χ3v) is 3.78. The van der Waals surface area contributed by atoms with Gasteiger partial charge >= 0.3 is 5.97 Å². The van der Waals surface area contributed by atoms with E-state index in [2.05, 4.69) is 10.1 Å². The topological polar surface area (TPSA) is 72.5 Å². The van der Waals surface area contributed by atoms with Crippen molar-refractivity contribution in [1.29, 1.82) is 0 Å². The van der Waals surface area contributed by atoms with Crippen LogP contribution < -0.4 is 5.32 Å². The Balaban J connectivity index is 2.60. The molecule has 1 N–H and O–H groups in total. The Morgan fingerprint density at radius 1 is 1.59 bits per heavy atom. The van der Waals surface area contributed by atoms with Crippen LogP contribution >= 0.6 is 11.8 Å². The largest absolute Gasteiger partial charge is 0.467 e. The second-order valence-electron chi connectivity index (χ2n) is 4.00. The molecule has 0 bridgehead atoms. The zero-order valence-corrected chi connectivity index (χ0v) is 10.8. The van der Waals surface area contributed by atoms with E-state index >= 15 is 0 Å². The first-order valence-corrected chi connectivity index (χ1v) is 6.65. The standard InChI is InChI=1S/C11H17NO4S/c1-7(13)12-9(11(15)16-2)5-8-6-17-4-3-10(8)14/h8-9H,3-6H2,1-2H3,(H,12,13). The minimum absolute atomic E-state index is 0.162. The van der Waals surface area contributed by atoms with Crippen molar-refractivity contribution in [2.45, 2.75) is 25.8 Å². The molecule has 1 aliphatic rings. The molecule has 5 nitrogen and oxygen atoms in total. The lowest BCUT2D eigenvalue weighted by Gasteiger charge is -2.24. The molecule has 96 valence electrons. The molecule has 1 aliphatic heterocycles. The molecular formula is C11H17NO4S. The third-order valence-electron chi connectivity index (χ3n) is 2.65. The van der Waals surface area contributed by atoms with Gasteiger partial charge in [0.25, 0.3) is 0 Å². The van der Waals surface area contributed by atoms with Crippen LogP contribution in [-0.2, 0) is 19.1 Å². The van der Waals surface area contributed by atoms with E-state index in [0.29, 0.717) is 18.6 Å². The summed E-state index contributed by atoms with van der Waals surface area (Å²) < 4.78 is 4.62. The van der Waals surface area contributed by atoms with Crippen LogP contribution in [0.15, 0.2) is 0 Å². The third kappa shape index (κ3) is 4.38. The van der Waals surface area contributed by atoms with Crippen LogP contribution in [0, 0.1) is 5.92 Å². The number of amides is 1. The van der Waals surface area contributed by atoms with Crippen LogP contribution in [0.3, 0.4) is 0 Å². The van der Waals surface area contributed by atoms with E-state index in [9.17, 15) is 14.4 Å². The summed E-state index contributed by atoms with van der Waals surface area (Å²) in [5.74, 6) is 0.775. The molecule has 0 aromatic heterocycles. The fourth-order valence-electron chi connectivity index (χ4n) is 1.78. The fourth-order valence-corrected chi connectivity index (χ4v) is 2.90. The van der Waals surface area contributed by atoms with Gasteiger partial charge in [-0.1, -0.05) is 0 Å². The Hall–Kier alpha value is -1.04. The fraction of sp³-hybridized carbons (Fsp3) is 0.727. The number of hydrogen-bond acceptors (Lipinski definition) is 5. The number of methoxy groups -OCH3 is 1. The number of ether oxygens (including phenoxy) is 1. The van der Waals surface area contributed by atoms with Gasteiger partial charge in [0.15, 0.2) is 0 Å². The Morgan fingerprint density at radius 3 is 2.82 bits per heavy atom. The van der Waals surface area contributed by atoms with Crippen molar-refractivity contribution in [3.63, 3.8) is 0 Å². The van der Waals surface area contributed by atoms with E-state index in [0.717, 1.165) is 5.75 Å². The molecule has 1 fully saturated rings. The van der Waals surface area contributed by atoms with Crippen LogP contribution in [-0.4, -0.2) is 42.3 Å². The van der Waals surface area contributed by atoms with Gasteiger partial charge < -0.3 is 10.1 Å². The van der Waals surface area contributed by atoms with Crippen molar-refractivity contribution >= 4 is 29.4 Å². The number of hydrogen-bond donors (Lipinski definition) is 1. The Morgan fingerprint density at radius 2 is 2.29 bits per heavy atom. The van der Waals surface area contributed by atoms with E-state index in [1.165, 1.54) is 14.0 Å². The molecule has 1 rings (SSSR count). The van der Waals surface area contributed by atoms with Gasteiger partial charge in [-0.2, -0.15) is 11.8 Å². The molecular weight excluding hydrogens is 242 g/mol. The van der Waals surface area contributed by atoms with E-state index in [1.807, 2.05) is 0 Å². The maximum absolute atomic E-state index is 11.6. The highest BCUT2D eigenvalue weighted by Crippen LogP contribution is 2.23. The zero-order valence-electron chi connectivity index (χ0n) is 10.0. The molecule has 2 unspecified atom stereocenters. The molecule has 0 radical (unpaired) electrons. The normalized spacial score (nSPS) is 21.8. The van der Waals surface area contributed by atoms with Crippen LogP contribution in [0.2, 0.25) is 0 Å². The van der Waals surface area contributed by atoms with Gasteiger partial charge in [0.2, 0.25) is 5.91 Å². The summed E-state index contributed by atoms with van der Waals surface area (Å²) in [4.78, 5) is 34.1. The summed E-state index contributed by atoms with van der Waals surface area (Å²) in [6, 6.07) is -0.717. The van der Waals surface area contributed by atoms with Gasteiger partial charge in [-0.15, -0.1) is 0 Å². The Labute approximate surface area is 105 Å². The molecule has 17 heavy (non-hydrogen) atoms. The van der Waals surface area contributed by atoms with Gasteiger partial charge in [0, 0.05) is 30.8 Å². The van der Waals surface area contributed by atoms with Crippen LogP contribution in [0.25, 0.3) is 0 Å². The molecule has 2 atom stereocenters. The molecule has 6 heteroatoms. The van der Waals surface area contributed by atoms with E-state index in [1.54, 1.807) is 11.8 Å². The summed E-state index contributed by atoms with van der Waals surface area (Å²) in [6.07, 6.45) is 0.876. The SMILES string of the molecule is COC(=O)C(CC1CSCCC1=O)NC(C)=O. The highest BCUT2D eigenvalue weighted by atomic mass is 32.2. The minimum Gasteiger partial charge on any atom is -0.467 e. The molecule has 1 heterocycles. The molecule has 0 aromatic rings. The summed E-state index contributed by atoms with van der Waals surface area (Å²) in [5.41, 5.74) is 0. The van der Waals surface area contributed by atoms with Crippen LogP contribution in [0.1, 0.15) is 19.8 Å². The quantitative estimate of drug-likeness (QED) is 0.739. The smallest absolute Gasteiger partial charge is 0.328 e. The first-order valence-electron chi connectivity index (χ1n) is 5.50. The molecule has 0 aliphatic carbocycles. The molecule has 0 spiro atoms. The highest BCUT2D eigenvalue weighted by Gasteiger charge is 2.30. The van der Waals surface area contributed by atoms with Crippen molar-refractivity contribution in [3.8, 4) is 0 Å². The number of Topliss-reactive ketones (excluding diaryl/α,β-unsaturated/α-hetero) is 1. The van der Waals surface area contributed by atoms with Crippen molar-refractivity contribution in [2.75, 3.05) is 18.6 Å². The molecule has 1 saturated heterocycles. The maximum Gasteiger partial charge on any atom is 0.328 e. The predicted molar refractivity (Wildman–Crippen MR) is 64.7 cm³/mol. The summed E-state index contributed by atoms with van der Waals surface area (Å²) in [5, 5.41) is 2.52. The molecule has 1 amide bonds. The lowest BCUT2D eigenvalue weighted by Crippen LogP contribution is -2.43. The summed E-state index contributed by atoms with van der Waals surface area (Å²) >= 11 is 1.70. The van der Waals surface area contributed by atoms with E-state index < -0.39 is 12.0 Å². The second kappa shape index (κ2) is 6.64. The molecule has 0 saturated carbocycles. The summed E-state index contributed by atoms with van der Waals surface area (Å²) in [7, 11) is 1.27. The zero-order chi connectivity index (χ0) is 12.8. The average molecular weight is 259 g/mol. The van der Waals surface area contributed by atoms with Crippen molar-refractivity contribution in [3.05, 3.63) is 0 Å². The number of carbonyl (C=O) groups is 3. The lowest BCUT2D eigenvalue weighted by atomic mass is 9.95. The van der Waals surface area contributed by atoms with Crippen molar-refractivity contribution in [2.24, 2.45) is 5.92 Å². The van der Waals surface area contributed by atoms with Gasteiger partial charge in [0.05, 0.1) is 7.11 Å². The Bertz CT molecular complexity index is 319. The Kier molecular flexibility index (Phi) is 5.47. The van der Waals surface area contributed by atoms with Gasteiger partial charge in [-0.05, 0) is 6.42 Å². The van der Waals surface area contributed by atoms with Crippen molar-refractivity contribution < 1.29 is 19.1 Å². The number of carbonyl (C=O) groups excluding carboxylic acids is 3. The number of esters is 1. The monoisotopic (exact) mass is 259 g/mol. The minimum atomic E-state index is -0.717. The predicted octanol–water partition coefficient (Wildman–Crippen LogP) is 0.376. The van der Waals surface area contributed by atoms with Gasteiger partial charge in [-0.3, -0.25) is 9.59 Å². The van der Waals surface area contributed by atoms with E-state index in [4.69, 9.17) is 0 Å². The number of thioether (sulfide) groups is 1. The summed E-state index contributed by atoms with van der Waals surface area (Å²) in [6.45, 7) is 1.34. The highest BCUT2D eigenvalue weighted by molar-refractivity contribution is 7.99.